The molecule has 0 bridgehead atoms. The number of aromatic nitrogens is 2. The molecule has 0 aliphatic heterocycles. The average Bonchev–Trinajstić information content (AvgIpc) is 2.26. The molecule has 17 heavy (non-hydrogen) atoms. The lowest BCUT2D eigenvalue weighted by Crippen LogP contribution is -2.00. The van der Waals surface area contributed by atoms with E-state index in [-0.39, 0.29) is 16.7 Å². The summed E-state index contributed by atoms with van der Waals surface area (Å²) in [5, 5.41) is 2.53. The molecular formula is C10H5ClF2IN3. The van der Waals surface area contributed by atoms with Crippen LogP contribution in [0.5, 0.6) is 0 Å². The number of anilines is 2. The molecule has 0 amide bonds. The molecule has 1 aromatic carbocycles. The van der Waals surface area contributed by atoms with Gasteiger partial charge in [0.2, 0.25) is 5.95 Å². The summed E-state index contributed by atoms with van der Waals surface area (Å²) in [7, 11) is 0. The van der Waals surface area contributed by atoms with Crippen molar-refractivity contribution in [2.24, 2.45) is 0 Å². The molecule has 0 saturated carbocycles. The Hall–Kier alpha value is -1.02. The third-order valence-electron chi connectivity index (χ3n) is 1.86. The van der Waals surface area contributed by atoms with Crippen molar-refractivity contribution in [3.05, 3.63) is 44.8 Å². The monoisotopic (exact) mass is 367 g/mol. The molecule has 7 heteroatoms. The van der Waals surface area contributed by atoms with E-state index in [1.807, 2.05) is 22.6 Å². The predicted octanol–water partition coefficient (Wildman–Crippen LogP) is 3.76. The highest BCUT2D eigenvalue weighted by Gasteiger charge is 2.11. The fourth-order valence-electron chi connectivity index (χ4n) is 1.15. The summed E-state index contributed by atoms with van der Waals surface area (Å²) >= 11 is 7.76. The summed E-state index contributed by atoms with van der Waals surface area (Å²) in [6.07, 6.45) is 3.12. The van der Waals surface area contributed by atoms with Gasteiger partial charge in [0, 0.05) is 22.0 Å². The largest absolute Gasteiger partial charge is 0.320 e. The van der Waals surface area contributed by atoms with Crippen molar-refractivity contribution in [3.63, 3.8) is 0 Å². The van der Waals surface area contributed by atoms with Gasteiger partial charge in [-0.05, 0) is 28.7 Å². The third-order valence-corrected chi connectivity index (χ3v) is 2.72. The molecule has 0 fully saturated rings. The number of nitrogens with one attached hydrogen (secondary N) is 1. The van der Waals surface area contributed by atoms with E-state index in [1.165, 1.54) is 0 Å². The highest BCUT2D eigenvalue weighted by molar-refractivity contribution is 14.1. The van der Waals surface area contributed by atoms with Crippen LogP contribution in [0.15, 0.2) is 24.5 Å². The van der Waals surface area contributed by atoms with E-state index in [4.69, 9.17) is 11.6 Å². The second-order valence-electron chi connectivity index (χ2n) is 3.09. The molecule has 0 spiro atoms. The maximum absolute atomic E-state index is 13.4. The Morgan fingerprint density at radius 3 is 2.41 bits per heavy atom. The van der Waals surface area contributed by atoms with Crippen molar-refractivity contribution in [3.8, 4) is 0 Å². The van der Waals surface area contributed by atoms with Gasteiger partial charge < -0.3 is 5.32 Å². The minimum Gasteiger partial charge on any atom is -0.320 e. The minimum absolute atomic E-state index is 0.0470. The Kier molecular flexibility index (Phi) is 3.72. The van der Waals surface area contributed by atoms with Crippen LogP contribution in [-0.2, 0) is 0 Å². The molecule has 2 rings (SSSR count). The highest BCUT2D eigenvalue weighted by Crippen LogP contribution is 2.28. The molecule has 0 aliphatic rings. The van der Waals surface area contributed by atoms with Crippen molar-refractivity contribution >= 4 is 45.8 Å². The zero-order valence-electron chi connectivity index (χ0n) is 8.22. The first-order valence-electron chi connectivity index (χ1n) is 4.45. The molecule has 1 N–H and O–H groups in total. The van der Waals surface area contributed by atoms with Gasteiger partial charge in [0.1, 0.15) is 5.82 Å². The molecular weight excluding hydrogens is 362 g/mol. The average molecular weight is 368 g/mol. The molecule has 0 saturated heterocycles. The summed E-state index contributed by atoms with van der Waals surface area (Å²) < 4.78 is 27.1. The van der Waals surface area contributed by atoms with Gasteiger partial charge in [-0.1, -0.05) is 11.6 Å². The standard InChI is InChI=1S/C10H5ClF2IN3/c11-7-1-5(12)2-8(13)9(7)17-10-15-3-6(14)4-16-10/h1-4H,(H,15,16,17). The van der Waals surface area contributed by atoms with Crippen LogP contribution >= 0.6 is 34.2 Å². The first kappa shape index (κ1) is 12.4. The minimum atomic E-state index is -0.794. The van der Waals surface area contributed by atoms with E-state index in [2.05, 4.69) is 15.3 Å². The van der Waals surface area contributed by atoms with E-state index < -0.39 is 11.6 Å². The van der Waals surface area contributed by atoms with E-state index in [0.29, 0.717) is 0 Å². The van der Waals surface area contributed by atoms with Crippen molar-refractivity contribution in [1.82, 2.24) is 9.97 Å². The summed E-state index contributed by atoms with van der Waals surface area (Å²) in [6.45, 7) is 0. The van der Waals surface area contributed by atoms with E-state index >= 15 is 0 Å². The Balaban J connectivity index is 2.33. The van der Waals surface area contributed by atoms with Gasteiger partial charge in [0.15, 0.2) is 5.82 Å². The second kappa shape index (κ2) is 5.09. The van der Waals surface area contributed by atoms with Crippen LogP contribution in [-0.4, -0.2) is 9.97 Å². The van der Waals surface area contributed by atoms with Crippen LogP contribution in [0.4, 0.5) is 20.4 Å². The normalized spacial score (nSPS) is 10.4. The quantitative estimate of drug-likeness (QED) is 0.822. The lowest BCUT2D eigenvalue weighted by atomic mass is 10.3. The van der Waals surface area contributed by atoms with Gasteiger partial charge >= 0.3 is 0 Å². The van der Waals surface area contributed by atoms with E-state index in [9.17, 15) is 8.78 Å². The van der Waals surface area contributed by atoms with Gasteiger partial charge in [-0.3, -0.25) is 0 Å². The van der Waals surface area contributed by atoms with Gasteiger partial charge in [-0.15, -0.1) is 0 Å². The number of rotatable bonds is 2. The summed E-state index contributed by atoms with van der Waals surface area (Å²) in [5.74, 6) is -1.34. The smallest absolute Gasteiger partial charge is 0.227 e. The van der Waals surface area contributed by atoms with E-state index in [1.54, 1.807) is 12.4 Å². The zero-order valence-corrected chi connectivity index (χ0v) is 11.1. The highest BCUT2D eigenvalue weighted by atomic mass is 127. The molecule has 0 unspecified atom stereocenters. The molecule has 0 atom stereocenters. The first-order valence-corrected chi connectivity index (χ1v) is 5.91. The number of halogens is 4. The van der Waals surface area contributed by atoms with Gasteiger partial charge in [-0.25, -0.2) is 18.7 Å². The summed E-state index contributed by atoms with van der Waals surface area (Å²) in [6, 6.07) is 1.75. The van der Waals surface area contributed by atoms with E-state index in [0.717, 1.165) is 15.7 Å². The molecule has 0 aliphatic carbocycles. The molecule has 88 valence electrons. The summed E-state index contributed by atoms with van der Waals surface area (Å²) in [4.78, 5) is 7.86. The Labute approximate surface area is 114 Å². The topological polar surface area (TPSA) is 37.8 Å². The van der Waals surface area contributed by atoms with Gasteiger partial charge in [-0.2, -0.15) is 0 Å². The third kappa shape index (κ3) is 3.01. The Morgan fingerprint density at radius 1 is 1.18 bits per heavy atom. The maximum Gasteiger partial charge on any atom is 0.227 e. The molecule has 2 aromatic rings. The summed E-state index contributed by atoms with van der Waals surface area (Å²) in [5.41, 5.74) is -0.0470. The van der Waals surface area contributed by atoms with Crippen LogP contribution in [0.1, 0.15) is 0 Å². The molecule has 0 radical (unpaired) electrons. The lowest BCUT2D eigenvalue weighted by molar-refractivity contribution is 0.586. The zero-order chi connectivity index (χ0) is 12.4. The molecule has 1 heterocycles. The molecule has 3 nitrogen and oxygen atoms in total. The first-order chi connectivity index (χ1) is 8.06. The SMILES string of the molecule is Fc1cc(F)c(Nc2ncc(I)cn2)c(Cl)c1. The number of hydrogen-bond acceptors (Lipinski definition) is 3. The van der Waals surface area contributed by atoms with Crippen LogP contribution in [0, 0.1) is 15.2 Å². The second-order valence-corrected chi connectivity index (χ2v) is 4.75. The fraction of sp³-hybridized carbons (Fsp3) is 0. The van der Waals surface area contributed by atoms with Crippen LogP contribution in [0.25, 0.3) is 0 Å². The van der Waals surface area contributed by atoms with Gasteiger partial charge in [0.25, 0.3) is 0 Å². The lowest BCUT2D eigenvalue weighted by Gasteiger charge is -2.07. The Morgan fingerprint density at radius 2 is 1.82 bits per heavy atom. The number of hydrogen-bond donors (Lipinski definition) is 1. The van der Waals surface area contributed by atoms with Crippen LogP contribution in [0.2, 0.25) is 5.02 Å². The van der Waals surface area contributed by atoms with Crippen LogP contribution in [0.3, 0.4) is 0 Å². The van der Waals surface area contributed by atoms with Crippen molar-refractivity contribution in [1.29, 1.82) is 0 Å². The van der Waals surface area contributed by atoms with Crippen molar-refractivity contribution in [2.75, 3.05) is 5.32 Å². The number of benzene rings is 1. The van der Waals surface area contributed by atoms with Gasteiger partial charge in [0.05, 0.1) is 10.7 Å². The fourth-order valence-corrected chi connectivity index (χ4v) is 1.67. The Bertz CT molecular complexity index is 525. The molecule has 1 aromatic heterocycles. The number of nitrogens with zero attached hydrogens (tertiary/aromatic N) is 2. The van der Waals surface area contributed by atoms with Crippen molar-refractivity contribution in [2.45, 2.75) is 0 Å². The maximum atomic E-state index is 13.4. The predicted molar refractivity (Wildman–Crippen MR) is 69.4 cm³/mol. The van der Waals surface area contributed by atoms with Crippen LogP contribution < -0.4 is 5.32 Å². The van der Waals surface area contributed by atoms with Crippen molar-refractivity contribution < 1.29 is 8.78 Å².